The zero-order valence-corrected chi connectivity index (χ0v) is 11.3. The summed E-state index contributed by atoms with van der Waals surface area (Å²) in [6.45, 7) is 5.67. The van der Waals surface area contributed by atoms with E-state index in [1.54, 1.807) is 0 Å². The van der Waals surface area contributed by atoms with Gasteiger partial charge < -0.3 is 9.80 Å². The molecular weight excluding hydrogens is 228 g/mol. The number of carbonyl (C=O) groups is 2. The van der Waals surface area contributed by atoms with Crippen LogP contribution in [0.2, 0.25) is 0 Å². The molecule has 2 amide bonds. The van der Waals surface area contributed by atoms with Crippen molar-refractivity contribution in [1.82, 2.24) is 9.80 Å². The summed E-state index contributed by atoms with van der Waals surface area (Å²) in [6.07, 6.45) is 4.18. The van der Waals surface area contributed by atoms with Gasteiger partial charge in [0.25, 0.3) is 0 Å². The van der Waals surface area contributed by atoms with Crippen LogP contribution in [0.3, 0.4) is 0 Å². The van der Waals surface area contributed by atoms with E-state index in [4.69, 9.17) is 0 Å². The summed E-state index contributed by atoms with van der Waals surface area (Å²) in [5.74, 6) is 1.71. The van der Waals surface area contributed by atoms with Gasteiger partial charge >= 0.3 is 0 Å². The van der Waals surface area contributed by atoms with Gasteiger partial charge in [-0.1, -0.05) is 6.92 Å². The predicted octanol–water partition coefficient (Wildman–Crippen LogP) is 1.25. The lowest BCUT2D eigenvalue weighted by atomic mass is 9.95. The lowest BCUT2D eigenvalue weighted by Gasteiger charge is -2.46. The smallest absolute Gasteiger partial charge is 0.246 e. The summed E-state index contributed by atoms with van der Waals surface area (Å²) in [5, 5.41) is 0. The Kier molecular flexibility index (Phi) is 2.83. The summed E-state index contributed by atoms with van der Waals surface area (Å²) < 4.78 is 0. The summed E-state index contributed by atoms with van der Waals surface area (Å²) in [4.78, 5) is 28.5. The molecule has 0 aromatic heterocycles. The van der Waals surface area contributed by atoms with Crippen LogP contribution in [0, 0.1) is 11.8 Å². The molecule has 0 bridgehead atoms. The van der Waals surface area contributed by atoms with E-state index >= 15 is 0 Å². The van der Waals surface area contributed by atoms with Crippen molar-refractivity contribution in [3.63, 3.8) is 0 Å². The van der Waals surface area contributed by atoms with Gasteiger partial charge in [-0.2, -0.15) is 0 Å². The van der Waals surface area contributed by atoms with Crippen LogP contribution in [-0.4, -0.2) is 46.8 Å². The molecule has 100 valence electrons. The molecule has 2 aliphatic heterocycles. The summed E-state index contributed by atoms with van der Waals surface area (Å²) >= 11 is 0. The Hall–Kier alpha value is -1.06. The highest BCUT2D eigenvalue weighted by Crippen LogP contribution is 2.39. The second-order valence-corrected chi connectivity index (χ2v) is 6.18. The molecule has 0 N–H and O–H groups in total. The highest BCUT2D eigenvalue weighted by Gasteiger charge is 2.47. The van der Waals surface area contributed by atoms with E-state index in [0.29, 0.717) is 5.92 Å². The average molecular weight is 250 g/mol. The van der Waals surface area contributed by atoms with Gasteiger partial charge in [-0.15, -0.1) is 0 Å². The maximum atomic E-state index is 12.5. The van der Waals surface area contributed by atoms with Crippen LogP contribution in [0.1, 0.15) is 39.5 Å². The lowest BCUT2D eigenvalue weighted by Crippen LogP contribution is -2.65. The van der Waals surface area contributed by atoms with Gasteiger partial charge in [-0.3, -0.25) is 9.59 Å². The fraction of sp³-hybridized carbons (Fsp3) is 0.857. The molecule has 18 heavy (non-hydrogen) atoms. The van der Waals surface area contributed by atoms with Crippen molar-refractivity contribution in [2.75, 3.05) is 13.1 Å². The van der Waals surface area contributed by atoms with E-state index in [1.165, 1.54) is 6.42 Å². The van der Waals surface area contributed by atoms with Crippen LogP contribution < -0.4 is 0 Å². The van der Waals surface area contributed by atoms with Crippen LogP contribution >= 0.6 is 0 Å². The minimum Gasteiger partial charge on any atom is -0.329 e. The Labute approximate surface area is 108 Å². The third kappa shape index (κ3) is 1.82. The molecule has 0 aromatic carbocycles. The normalized spacial score (nSPS) is 39.9. The molecule has 0 spiro atoms. The Morgan fingerprint density at radius 2 is 1.89 bits per heavy atom. The van der Waals surface area contributed by atoms with E-state index in [2.05, 4.69) is 6.92 Å². The monoisotopic (exact) mass is 250 g/mol. The Balaban J connectivity index is 1.77. The van der Waals surface area contributed by atoms with Gasteiger partial charge in [-0.25, -0.2) is 0 Å². The van der Waals surface area contributed by atoms with E-state index < -0.39 is 0 Å². The highest BCUT2D eigenvalue weighted by molar-refractivity contribution is 5.96. The van der Waals surface area contributed by atoms with Crippen molar-refractivity contribution in [2.24, 2.45) is 11.8 Å². The van der Waals surface area contributed by atoms with Crippen molar-refractivity contribution in [1.29, 1.82) is 0 Å². The maximum Gasteiger partial charge on any atom is 0.246 e. The zero-order valence-electron chi connectivity index (χ0n) is 11.3. The maximum absolute atomic E-state index is 12.5. The Bertz CT molecular complexity index is 382. The SMILES string of the molecule is CC1CC1CN1C(=O)C2CCCCN2C(=O)C1C. The second kappa shape index (κ2) is 4.25. The van der Waals surface area contributed by atoms with Crippen molar-refractivity contribution in [3.05, 3.63) is 0 Å². The second-order valence-electron chi connectivity index (χ2n) is 6.18. The van der Waals surface area contributed by atoms with E-state index in [1.807, 2.05) is 16.7 Å². The van der Waals surface area contributed by atoms with Gasteiger partial charge in [0.1, 0.15) is 12.1 Å². The van der Waals surface area contributed by atoms with Crippen LogP contribution in [0.4, 0.5) is 0 Å². The minimum atomic E-state index is -0.250. The molecule has 4 atom stereocenters. The number of fused-ring (bicyclic) bond motifs is 1. The van der Waals surface area contributed by atoms with E-state index in [9.17, 15) is 9.59 Å². The van der Waals surface area contributed by atoms with Crippen molar-refractivity contribution in [2.45, 2.75) is 51.6 Å². The number of piperazine rings is 1. The van der Waals surface area contributed by atoms with Gasteiger partial charge in [-0.05, 0) is 44.4 Å². The molecule has 1 aliphatic carbocycles. The fourth-order valence-corrected chi connectivity index (χ4v) is 3.36. The van der Waals surface area contributed by atoms with Gasteiger partial charge in [0.15, 0.2) is 0 Å². The summed E-state index contributed by atoms with van der Waals surface area (Å²) in [5.41, 5.74) is 0. The third-order valence-corrected chi connectivity index (χ3v) is 4.89. The van der Waals surface area contributed by atoms with Crippen LogP contribution in [0.15, 0.2) is 0 Å². The molecule has 3 fully saturated rings. The molecular formula is C14H22N2O2. The average Bonchev–Trinajstić information content (AvgIpc) is 3.08. The summed E-state index contributed by atoms with van der Waals surface area (Å²) in [7, 11) is 0. The molecule has 2 saturated heterocycles. The van der Waals surface area contributed by atoms with Gasteiger partial charge in [0, 0.05) is 13.1 Å². The Morgan fingerprint density at radius 1 is 1.17 bits per heavy atom. The predicted molar refractivity (Wildman–Crippen MR) is 67.8 cm³/mol. The largest absolute Gasteiger partial charge is 0.329 e. The molecule has 4 nitrogen and oxygen atoms in total. The molecule has 2 heterocycles. The molecule has 0 aromatic rings. The van der Waals surface area contributed by atoms with Crippen LogP contribution in [0.25, 0.3) is 0 Å². The third-order valence-electron chi connectivity index (χ3n) is 4.89. The number of rotatable bonds is 2. The highest BCUT2D eigenvalue weighted by atomic mass is 16.2. The standard InChI is InChI=1S/C14H22N2O2/c1-9-7-11(9)8-16-10(2)13(17)15-6-4-3-5-12(15)14(16)18/h9-12H,3-8H2,1-2H3. The first kappa shape index (κ1) is 12.0. The molecule has 4 unspecified atom stereocenters. The van der Waals surface area contributed by atoms with Gasteiger partial charge in [0.2, 0.25) is 11.8 Å². The van der Waals surface area contributed by atoms with Gasteiger partial charge in [0.05, 0.1) is 0 Å². The Morgan fingerprint density at radius 3 is 2.56 bits per heavy atom. The number of amides is 2. The topological polar surface area (TPSA) is 40.6 Å². The quantitative estimate of drug-likeness (QED) is 0.740. The van der Waals surface area contributed by atoms with E-state index in [0.717, 1.165) is 38.3 Å². The van der Waals surface area contributed by atoms with Crippen LogP contribution in [-0.2, 0) is 9.59 Å². The number of hydrogen-bond acceptors (Lipinski definition) is 2. The molecule has 3 rings (SSSR count). The number of nitrogens with zero attached hydrogens (tertiary/aromatic N) is 2. The summed E-state index contributed by atoms with van der Waals surface area (Å²) in [6, 6.07) is -0.406. The number of carbonyl (C=O) groups excluding carboxylic acids is 2. The number of hydrogen-bond donors (Lipinski definition) is 0. The lowest BCUT2D eigenvalue weighted by molar-refractivity contribution is -0.163. The first-order chi connectivity index (χ1) is 8.59. The molecule has 3 aliphatic rings. The van der Waals surface area contributed by atoms with Crippen molar-refractivity contribution >= 4 is 11.8 Å². The number of piperidine rings is 1. The fourth-order valence-electron chi connectivity index (χ4n) is 3.36. The molecule has 0 radical (unpaired) electrons. The van der Waals surface area contributed by atoms with Crippen molar-refractivity contribution in [3.8, 4) is 0 Å². The van der Waals surface area contributed by atoms with Crippen molar-refractivity contribution < 1.29 is 9.59 Å². The van der Waals surface area contributed by atoms with Crippen LogP contribution in [0.5, 0.6) is 0 Å². The van der Waals surface area contributed by atoms with E-state index in [-0.39, 0.29) is 23.9 Å². The molecule has 1 saturated carbocycles. The zero-order chi connectivity index (χ0) is 12.9. The molecule has 4 heteroatoms. The first-order valence-corrected chi connectivity index (χ1v) is 7.20. The first-order valence-electron chi connectivity index (χ1n) is 7.20. The minimum absolute atomic E-state index is 0.156.